The molecule has 5 heteroatoms. The van der Waals surface area contributed by atoms with E-state index in [9.17, 15) is 0 Å². The molecule has 1 saturated heterocycles. The number of rotatable bonds is 5. The van der Waals surface area contributed by atoms with Crippen molar-refractivity contribution in [3.8, 4) is 0 Å². The van der Waals surface area contributed by atoms with Gasteiger partial charge in [0.2, 0.25) is 0 Å². The van der Waals surface area contributed by atoms with Crippen LogP contribution in [0.25, 0.3) is 0 Å². The van der Waals surface area contributed by atoms with Crippen LogP contribution in [0.2, 0.25) is 0 Å². The Balaban J connectivity index is 1.99. The Kier molecular flexibility index (Phi) is 4.88. The molecule has 0 radical (unpaired) electrons. The smallest absolute Gasteiger partial charge is 0.0731 e. The summed E-state index contributed by atoms with van der Waals surface area (Å²) in [6, 6.07) is 2.93. The number of aryl methyl sites for hydroxylation is 1. The molecule has 2 heterocycles. The molecule has 1 aliphatic heterocycles. The highest BCUT2D eigenvalue weighted by Gasteiger charge is 2.21. The third-order valence-electron chi connectivity index (χ3n) is 3.21. The molecule has 0 amide bonds. The van der Waals surface area contributed by atoms with Crippen molar-refractivity contribution < 1.29 is 4.74 Å². The van der Waals surface area contributed by atoms with Crippen LogP contribution in [0, 0.1) is 0 Å². The van der Waals surface area contributed by atoms with Gasteiger partial charge in [-0.05, 0) is 30.4 Å². The van der Waals surface area contributed by atoms with Gasteiger partial charge in [0.15, 0.2) is 0 Å². The maximum Gasteiger partial charge on any atom is 0.0731 e. The fraction of sp³-hybridized carbons (Fsp3) is 0.750. The van der Waals surface area contributed by atoms with Crippen LogP contribution in [0.5, 0.6) is 0 Å². The number of nitrogens with zero attached hydrogens (tertiary/aromatic N) is 2. The largest absolute Gasteiger partial charge is 0.383 e. The Labute approximate surface area is 107 Å². The Morgan fingerprint density at radius 2 is 2.35 bits per heavy atom. The number of aromatic nitrogens is 2. The van der Waals surface area contributed by atoms with E-state index in [0.717, 1.165) is 0 Å². The minimum absolute atomic E-state index is 0.251. The molecule has 1 N–H and O–H groups in total. The third-order valence-corrected chi connectivity index (χ3v) is 4.26. The molecule has 17 heavy (non-hydrogen) atoms. The molecular formula is C12H21N3OS. The molecule has 0 bridgehead atoms. The molecular weight excluding hydrogens is 234 g/mol. The molecule has 0 spiro atoms. The molecule has 1 atom stereocenters. The normalized spacial score (nSPS) is 19.4. The topological polar surface area (TPSA) is 39.1 Å². The molecule has 0 aliphatic carbocycles. The number of hydrogen-bond acceptors (Lipinski definition) is 4. The van der Waals surface area contributed by atoms with Crippen molar-refractivity contribution in [3.63, 3.8) is 0 Å². The van der Waals surface area contributed by atoms with Gasteiger partial charge >= 0.3 is 0 Å². The Morgan fingerprint density at radius 3 is 2.94 bits per heavy atom. The average molecular weight is 255 g/mol. The average Bonchev–Trinajstić information content (AvgIpc) is 2.76. The van der Waals surface area contributed by atoms with Crippen molar-refractivity contribution in [1.29, 1.82) is 0 Å². The van der Waals surface area contributed by atoms with Gasteiger partial charge in [-0.15, -0.1) is 0 Å². The van der Waals surface area contributed by atoms with Gasteiger partial charge in [-0.2, -0.15) is 16.9 Å². The zero-order valence-electron chi connectivity index (χ0n) is 10.6. The van der Waals surface area contributed by atoms with Gasteiger partial charge in [0.1, 0.15) is 0 Å². The lowest BCUT2D eigenvalue weighted by Gasteiger charge is -2.28. The first kappa shape index (κ1) is 12.9. The summed E-state index contributed by atoms with van der Waals surface area (Å²) in [5.74, 6) is 2.53. The van der Waals surface area contributed by atoms with E-state index in [1.807, 2.05) is 17.9 Å². The van der Waals surface area contributed by atoms with E-state index >= 15 is 0 Å². The highest BCUT2D eigenvalue weighted by Crippen LogP contribution is 2.21. The zero-order chi connectivity index (χ0) is 12.1. The number of nitrogens with one attached hydrogen (secondary N) is 1. The van der Waals surface area contributed by atoms with E-state index in [4.69, 9.17) is 4.74 Å². The molecule has 0 unspecified atom stereocenters. The van der Waals surface area contributed by atoms with Crippen molar-refractivity contribution >= 4 is 11.8 Å². The molecule has 1 aromatic rings. The van der Waals surface area contributed by atoms with Crippen molar-refractivity contribution in [2.24, 2.45) is 7.05 Å². The lowest BCUT2D eigenvalue weighted by atomic mass is 10.1. The van der Waals surface area contributed by atoms with Gasteiger partial charge < -0.3 is 10.1 Å². The molecule has 1 aromatic heterocycles. The molecule has 1 aliphatic rings. The quantitative estimate of drug-likeness (QED) is 0.867. The van der Waals surface area contributed by atoms with Gasteiger partial charge in [0.05, 0.1) is 18.3 Å². The summed E-state index contributed by atoms with van der Waals surface area (Å²) in [7, 11) is 3.73. The molecule has 0 aromatic carbocycles. The monoisotopic (exact) mass is 255 g/mol. The summed E-state index contributed by atoms with van der Waals surface area (Å²) in [6.45, 7) is 0.698. The number of methoxy groups -OCH3 is 1. The standard InChI is InChI=1S/C12H21N3OS/c1-15-12(3-6-13-15)11(9-16-2)14-10-4-7-17-8-5-10/h3,6,10-11,14H,4-5,7-9H2,1-2H3/t11-/m1/s1. The van der Waals surface area contributed by atoms with Crippen LogP contribution in [0.3, 0.4) is 0 Å². The van der Waals surface area contributed by atoms with E-state index in [2.05, 4.69) is 28.2 Å². The van der Waals surface area contributed by atoms with Crippen LogP contribution in [-0.2, 0) is 11.8 Å². The maximum atomic E-state index is 5.32. The summed E-state index contributed by atoms with van der Waals surface area (Å²) in [6.07, 6.45) is 4.35. The van der Waals surface area contributed by atoms with Crippen LogP contribution in [0.1, 0.15) is 24.6 Å². The van der Waals surface area contributed by atoms with Gasteiger partial charge in [0.25, 0.3) is 0 Å². The fourth-order valence-electron chi connectivity index (χ4n) is 2.26. The molecule has 96 valence electrons. The first-order chi connectivity index (χ1) is 8.31. The van der Waals surface area contributed by atoms with E-state index < -0.39 is 0 Å². The lowest BCUT2D eigenvalue weighted by molar-refractivity contribution is 0.156. The van der Waals surface area contributed by atoms with Gasteiger partial charge in [-0.1, -0.05) is 0 Å². The Morgan fingerprint density at radius 1 is 1.59 bits per heavy atom. The summed E-state index contributed by atoms with van der Waals surface area (Å²) in [4.78, 5) is 0. The van der Waals surface area contributed by atoms with Crippen molar-refractivity contribution in [2.45, 2.75) is 24.9 Å². The van der Waals surface area contributed by atoms with Crippen LogP contribution >= 0.6 is 11.8 Å². The molecule has 2 rings (SSSR count). The first-order valence-corrected chi connectivity index (χ1v) is 7.27. The third kappa shape index (κ3) is 3.47. The molecule has 4 nitrogen and oxygen atoms in total. The SMILES string of the molecule is COC[C@@H](NC1CCSCC1)c1ccnn1C. The predicted octanol–water partition coefficient (Wildman–Crippen LogP) is 1.59. The second kappa shape index (κ2) is 6.42. The summed E-state index contributed by atoms with van der Waals surface area (Å²) in [5.41, 5.74) is 1.20. The number of ether oxygens (including phenoxy) is 1. The minimum atomic E-state index is 0.251. The van der Waals surface area contributed by atoms with Gasteiger partial charge in [-0.25, -0.2) is 0 Å². The Hall–Kier alpha value is -0.520. The summed E-state index contributed by atoms with van der Waals surface area (Å²) in [5, 5.41) is 7.93. The Bertz CT molecular complexity index is 336. The second-order valence-corrected chi connectivity index (χ2v) is 5.67. The lowest BCUT2D eigenvalue weighted by Crippen LogP contribution is -2.38. The van der Waals surface area contributed by atoms with E-state index in [-0.39, 0.29) is 6.04 Å². The highest BCUT2D eigenvalue weighted by atomic mass is 32.2. The summed E-state index contributed by atoms with van der Waals surface area (Å²) >= 11 is 2.05. The van der Waals surface area contributed by atoms with Crippen molar-refractivity contribution in [2.75, 3.05) is 25.2 Å². The molecule has 0 saturated carbocycles. The number of thioether (sulfide) groups is 1. The van der Waals surface area contributed by atoms with E-state index in [0.29, 0.717) is 12.6 Å². The van der Waals surface area contributed by atoms with Crippen molar-refractivity contribution in [3.05, 3.63) is 18.0 Å². The summed E-state index contributed by atoms with van der Waals surface area (Å²) < 4.78 is 7.24. The van der Waals surface area contributed by atoms with Crippen LogP contribution < -0.4 is 5.32 Å². The van der Waals surface area contributed by atoms with Crippen molar-refractivity contribution in [1.82, 2.24) is 15.1 Å². The maximum absolute atomic E-state index is 5.32. The van der Waals surface area contributed by atoms with E-state index in [1.165, 1.54) is 30.0 Å². The first-order valence-electron chi connectivity index (χ1n) is 6.12. The fourth-order valence-corrected chi connectivity index (χ4v) is 3.37. The second-order valence-electron chi connectivity index (χ2n) is 4.44. The van der Waals surface area contributed by atoms with Gasteiger partial charge in [-0.3, -0.25) is 4.68 Å². The van der Waals surface area contributed by atoms with Crippen LogP contribution in [-0.4, -0.2) is 41.0 Å². The molecule has 1 fully saturated rings. The van der Waals surface area contributed by atoms with Crippen LogP contribution in [0.15, 0.2) is 12.3 Å². The highest BCUT2D eigenvalue weighted by molar-refractivity contribution is 7.99. The minimum Gasteiger partial charge on any atom is -0.383 e. The zero-order valence-corrected chi connectivity index (χ0v) is 11.4. The van der Waals surface area contributed by atoms with E-state index in [1.54, 1.807) is 7.11 Å². The van der Waals surface area contributed by atoms with Gasteiger partial charge in [0, 0.05) is 26.4 Å². The predicted molar refractivity (Wildman–Crippen MR) is 71.3 cm³/mol. The number of hydrogen-bond donors (Lipinski definition) is 1. The van der Waals surface area contributed by atoms with Crippen LogP contribution in [0.4, 0.5) is 0 Å².